The number of hydrogen-bond donors (Lipinski definition) is 3. The van der Waals surface area contributed by atoms with E-state index in [9.17, 15) is 0 Å². The van der Waals surface area contributed by atoms with Gasteiger partial charge in [0.05, 0.1) is 11.2 Å². The van der Waals surface area contributed by atoms with Crippen molar-refractivity contribution in [2.24, 2.45) is 5.92 Å². The summed E-state index contributed by atoms with van der Waals surface area (Å²) in [6, 6.07) is 19.0. The Morgan fingerprint density at radius 3 is 2.65 bits per heavy atom. The van der Waals surface area contributed by atoms with Crippen molar-refractivity contribution in [1.29, 1.82) is 0 Å². The zero-order valence-corrected chi connectivity index (χ0v) is 23.0. The summed E-state index contributed by atoms with van der Waals surface area (Å²) >= 11 is 0. The second-order valence-electron chi connectivity index (χ2n) is 10.6. The first-order chi connectivity index (χ1) is 19.6. The number of aromatic nitrogens is 4. The summed E-state index contributed by atoms with van der Waals surface area (Å²) in [4.78, 5) is 7.91. The van der Waals surface area contributed by atoms with E-state index in [-0.39, 0.29) is 0 Å². The molecular weight excluding hydrogens is 490 g/mol. The van der Waals surface area contributed by atoms with Crippen LogP contribution >= 0.6 is 0 Å². The van der Waals surface area contributed by atoms with Gasteiger partial charge in [-0.25, -0.2) is 0 Å². The van der Waals surface area contributed by atoms with Gasteiger partial charge in [0.2, 0.25) is 0 Å². The molecule has 200 valence electrons. The molecule has 0 spiro atoms. The summed E-state index contributed by atoms with van der Waals surface area (Å²) in [5.41, 5.74) is 10.5. The van der Waals surface area contributed by atoms with E-state index in [1.54, 1.807) is 6.20 Å². The Bertz CT molecular complexity index is 1740. The fourth-order valence-electron chi connectivity index (χ4n) is 5.84. The van der Waals surface area contributed by atoms with Gasteiger partial charge in [-0.2, -0.15) is 5.10 Å². The number of aromatic amines is 2. The molecule has 3 N–H and O–H groups in total. The van der Waals surface area contributed by atoms with E-state index in [0.717, 1.165) is 66.9 Å². The maximum atomic E-state index is 4.71. The quantitative estimate of drug-likeness (QED) is 0.177. The van der Waals surface area contributed by atoms with Crippen LogP contribution in [0.3, 0.4) is 0 Å². The molecule has 0 saturated heterocycles. The molecule has 3 aromatic heterocycles. The molecule has 0 atom stereocenters. The number of nitrogens with zero attached hydrogens (tertiary/aromatic N) is 2. The molecule has 1 aliphatic rings. The molecule has 5 aromatic rings. The lowest BCUT2D eigenvalue weighted by Gasteiger charge is -2.25. The van der Waals surface area contributed by atoms with Crippen LogP contribution in [-0.2, 0) is 0 Å². The van der Waals surface area contributed by atoms with Gasteiger partial charge in [-0.1, -0.05) is 62.8 Å². The van der Waals surface area contributed by atoms with Crippen LogP contribution in [0.1, 0.15) is 44.6 Å². The first kappa shape index (κ1) is 25.6. The molecule has 5 heteroatoms. The molecule has 0 bridgehead atoms. The topological polar surface area (TPSA) is 69.4 Å². The Morgan fingerprint density at radius 1 is 1.00 bits per heavy atom. The van der Waals surface area contributed by atoms with Crippen molar-refractivity contribution in [3.8, 4) is 22.5 Å². The number of hydrogen-bond acceptors (Lipinski definition) is 3. The van der Waals surface area contributed by atoms with Crippen molar-refractivity contribution in [2.75, 3.05) is 0 Å². The van der Waals surface area contributed by atoms with Gasteiger partial charge in [0.1, 0.15) is 5.69 Å². The molecule has 5 nitrogen and oxygen atoms in total. The zero-order valence-electron chi connectivity index (χ0n) is 23.0. The first-order valence-electron chi connectivity index (χ1n) is 14.1. The molecular formula is C35H35N5. The average molecular weight is 526 g/mol. The number of H-pyrrole nitrogens is 2. The van der Waals surface area contributed by atoms with E-state index in [2.05, 4.69) is 101 Å². The zero-order chi connectivity index (χ0) is 27.5. The Morgan fingerprint density at radius 2 is 1.88 bits per heavy atom. The van der Waals surface area contributed by atoms with Crippen LogP contribution in [0.25, 0.3) is 49.9 Å². The molecule has 0 unspecified atom stereocenters. The van der Waals surface area contributed by atoms with Gasteiger partial charge >= 0.3 is 0 Å². The summed E-state index contributed by atoms with van der Waals surface area (Å²) in [5, 5.41) is 13.7. The maximum Gasteiger partial charge on any atom is 0.116 e. The lowest BCUT2D eigenvalue weighted by atomic mass is 9.87. The van der Waals surface area contributed by atoms with Gasteiger partial charge in [0, 0.05) is 45.6 Å². The minimum atomic E-state index is 0.533. The summed E-state index contributed by atoms with van der Waals surface area (Å²) < 4.78 is 0. The third kappa shape index (κ3) is 5.03. The minimum absolute atomic E-state index is 0.533. The van der Waals surface area contributed by atoms with Crippen LogP contribution in [0.4, 0.5) is 0 Å². The van der Waals surface area contributed by atoms with Gasteiger partial charge in [0.15, 0.2) is 0 Å². The molecule has 0 amide bonds. The molecule has 1 saturated carbocycles. The van der Waals surface area contributed by atoms with Crippen LogP contribution in [0.2, 0.25) is 0 Å². The fraction of sp³-hybridized carbons (Fsp3) is 0.200. The largest absolute Gasteiger partial charge is 0.359 e. The van der Waals surface area contributed by atoms with Gasteiger partial charge in [0.25, 0.3) is 0 Å². The van der Waals surface area contributed by atoms with Crippen molar-refractivity contribution in [2.45, 2.75) is 39.0 Å². The molecule has 1 fully saturated rings. The standard InChI is InChI=1S/C35H35N5/c1-4-24(19-28(5-2)37-23(3)25-11-7-6-8-12-25)26-16-17-33-31(20-26)35(40-39-33)34-21-30-29(14-9-15-32(30)38-34)27-13-10-18-36-22-27/h4-5,9-10,13-22,25,37-38H,2-3,6-8,11-12H2,1H3,(H,39,40)/b24-4+,28-19+. The molecule has 1 aliphatic carbocycles. The van der Waals surface area contributed by atoms with Crippen molar-refractivity contribution in [3.05, 3.63) is 115 Å². The van der Waals surface area contributed by atoms with Crippen LogP contribution in [0.15, 0.2) is 110 Å². The number of benzene rings is 2. The van der Waals surface area contributed by atoms with E-state index >= 15 is 0 Å². The Labute approximate surface area is 235 Å². The number of allylic oxidation sites excluding steroid dienone is 5. The van der Waals surface area contributed by atoms with Crippen LogP contribution in [0, 0.1) is 5.92 Å². The maximum absolute atomic E-state index is 4.71. The monoisotopic (exact) mass is 525 g/mol. The second-order valence-corrected chi connectivity index (χ2v) is 10.6. The Kier molecular flexibility index (Phi) is 7.19. The van der Waals surface area contributed by atoms with Crippen molar-refractivity contribution < 1.29 is 0 Å². The van der Waals surface area contributed by atoms with Gasteiger partial charge in [-0.15, -0.1) is 0 Å². The van der Waals surface area contributed by atoms with Gasteiger partial charge in [-0.05, 0) is 84.9 Å². The van der Waals surface area contributed by atoms with E-state index in [4.69, 9.17) is 5.10 Å². The van der Waals surface area contributed by atoms with Crippen LogP contribution < -0.4 is 5.32 Å². The van der Waals surface area contributed by atoms with E-state index in [1.165, 1.54) is 32.1 Å². The highest BCUT2D eigenvalue weighted by molar-refractivity contribution is 6.01. The van der Waals surface area contributed by atoms with Crippen molar-refractivity contribution in [3.63, 3.8) is 0 Å². The van der Waals surface area contributed by atoms with Crippen molar-refractivity contribution >= 4 is 27.4 Å². The average Bonchev–Trinajstić information content (AvgIpc) is 3.64. The summed E-state index contributed by atoms with van der Waals surface area (Å²) in [6.07, 6.45) is 16.2. The van der Waals surface area contributed by atoms with Crippen molar-refractivity contribution in [1.82, 2.24) is 25.5 Å². The Hall–Kier alpha value is -4.64. The summed E-state index contributed by atoms with van der Waals surface area (Å²) in [5.74, 6) is 0.533. The normalized spacial score (nSPS) is 15.0. The molecule has 6 rings (SSSR count). The fourth-order valence-corrected chi connectivity index (χ4v) is 5.84. The van der Waals surface area contributed by atoms with Crippen LogP contribution in [-0.4, -0.2) is 20.2 Å². The SMILES string of the molecule is C=C/C(=C\C(=C/C)c1ccc2[nH]nc(-c3cc4c(-c5cccnc5)cccc4[nH]3)c2c1)NC(=C)C1CCCCC1. The third-order valence-corrected chi connectivity index (χ3v) is 8.03. The number of fused-ring (bicyclic) bond motifs is 2. The third-order valence-electron chi connectivity index (χ3n) is 8.03. The van der Waals surface area contributed by atoms with E-state index in [1.807, 2.05) is 18.3 Å². The predicted molar refractivity (Wildman–Crippen MR) is 167 cm³/mol. The summed E-state index contributed by atoms with van der Waals surface area (Å²) in [7, 11) is 0. The molecule has 40 heavy (non-hydrogen) atoms. The highest BCUT2D eigenvalue weighted by atomic mass is 15.1. The molecule has 0 radical (unpaired) electrons. The smallest absolute Gasteiger partial charge is 0.116 e. The molecule has 3 heterocycles. The molecule has 0 aliphatic heterocycles. The number of pyridine rings is 1. The van der Waals surface area contributed by atoms with Gasteiger partial charge in [-0.3, -0.25) is 10.1 Å². The van der Waals surface area contributed by atoms with E-state index in [0.29, 0.717) is 5.92 Å². The highest BCUT2D eigenvalue weighted by Crippen LogP contribution is 2.35. The van der Waals surface area contributed by atoms with Crippen LogP contribution in [0.5, 0.6) is 0 Å². The van der Waals surface area contributed by atoms with E-state index < -0.39 is 0 Å². The first-order valence-corrected chi connectivity index (χ1v) is 14.1. The van der Waals surface area contributed by atoms with Gasteiger partial charge < -0.3 is 10.3 Å². The lowest BCUT2D eigenvalue weighted by Crippen LogP contribution is -2.20. The second kappa shape index (κ2) is 11.2. The Balaban J connectivity index is 1.33. The molecule has 2 aromatic carbocycles. The lowest BCUT2D eigenvalue weighted by molar-refractivity contribution is 0.393. The predicted octanol–water partition coefficient (Wildman–Crippen LogP) is 8.93. The highest BCUT2D eigenvalue weighted by Gasteiger charge is 2.17. The minimum Gasteiger partial charge on any atom is -0.359 e. The number of rotatable bonds is 8. The summed E-state index contributed by atoms with van der Waals surface area (Å²) in [6.45, 7) is 10.5. The number of nitrogens with one attached hydrogen (secondary N) is 3.